The van der Waals surface area contributed by atoms with Gasteiger partial charge in [-0.2, -0.15) is 0 Å². The number of nitrogens with one attached hydrogen (secondary N) is 1. The number of ether oxygens (including phenoxy) is 2. The summed E-state index contributed by atoms with van der Waals surface area (Å²) in [6.45, 7) is 0.856. The van der Waals surface area contributed by atoms with E-state index in [1.807, 2.05) is 30.3 Å². The maximum Gasteiger partial charge on any atom is 0.146 e. The summed E-state index contributed by atoms with van der Waals surface area (Å²) < 4.78 is 12.3. The van der Waals surface area contributed by atoms with Crippen molar-refractivity contribution in [1.29, 1.82) is 0 Å². The molecule has 0 amide bonds. The second-order valence-electron chi connectivity index (χ2n) is 8.09. The van der Waals surface area contributed by atoms with Crippen molar-refractivity contribution in [2.24, 2.45) is 11.8 Å². The first-order valence-corrected chi connectivity index (χ1v) is 10.6. The summed E-state index contributed by atoms with van der Waals surface area (Å²) in [5, 5.41) is 4.50. The van der Waals surface area contributed by atoms with Crippen LogP contribution in [0.1, 0.15) is 50.2 Å². The van der Waals surface area contributed by atoms with E-state index < -0.39 is 0 Å². The average molecular weight is 420 g/mol. The molecule has 0 bridgehead atoms. The third kappa shape index (κ3) is 3.72. The number of hydrogen-bond donors (Lipinski definition) is 1. The van der Waals surface area contributed by atoms with Crippen molar-refractivity contribution >= 4 is 29.7 Å². The third-order valence-electron chi connectivity index (χ3n) is 6.47. The molecule has 2 aromatic carbocycles. The topological polar surface area (TPSA) is 30.5 Å². The zero-order valence-corrected chi connectivity index (χ0v) is 17.5. The molecule has 1 aliphatic carbocycles. The molecule has 28 heavy (non-hydrogen) atoms. The van der Waals surface area contributed by atoms with Gasteiger partial charge in [0.2, 0.25) is 0 Å². The van der Waals surface area contributed by atoms with Gasteiger partial charge in [0, 0.05) is 29.8 Å². The zero-order valence-electron chi connectivity index (χ0n) is 15.9. The number of halogens is 2. The fourth-order valence-corrected chi connectivity index (χ4v) is 5.34. The lowest BCUT2D eigenvalue weighted by Crippen LogP contribution is -2.42. The number of para-hydroxylation sites is 1. The highest BCUT2D eigenvalue weighted by atomic mass is 35.5. The van der Waals surface area contributed by atoms with Crippen LogP contribution >= 0.6 is 24.0 Å². The molecule has 3 atom stereocenters. The summed E-state index contributed by atoms with van der Waals surface area (Å²) in [5.74, 6) is 2.84. The molecule has 2 aliphatic heterocycles. The molecule has 1 saturated carbocycles. The summed E-state index contributed by atoms with van der Waals surface area (Å²) in [5.41, 5.74) is 2.44. The van der Waals surface area contributed by atoms with Crippen molar-refractivity contribution in [2.45, 2.75) is 50.7 Å². The first kappa shape index (κ1) is 19.9. The van der Waals surface area contributed by atoms with Crippen LogP contribution in [-0.4, -0.2) is 12.6 Å². The van der Waals surface area contributed by atoms with Crippen molar-refractivity contribution in [2.75, 3.05) is 11.9 Å². The Bertz CT molecular complexity index is 822. The van der Waals surface area contributed by atoms with Gasteiger partial charge in [0.25, 0.3) is 0 Å². The quantitative estimate of drug-likeness (QED) is 0.580. The van der Waals surface area contributed by atoms with Gasteiger partial charge in [0.15, 0.2) is 0 Å². The van der Waals surface area contributed by atoms with Crippen molar-refractivity contribution in [3.8, 4) is 11.5 Å². The number of anilines is 1. The molecule has 0 aromatic heterocycles. The van der Waals surface area contributed by atoms with Gasteiger partial charge in [-0.25, -0.2) is 0 Å². The van der Waals surface area contributed by atoms with E-state index in [4.69, 9.17) is 21.1 Å². The van der Waals surface area contributed by atoms with Gasteiger partial charge in [0.05, 0.1) is 11.1 Å². The molecule has 3 nitrogen and oxygen atoms in total. The Morgan fingerprint density at radius 3 is 2.64 bits per heavy atom. The van der Waals surface area contributed by atoms with E-state index in [1.165, 1.54) is 43.4 Å². The van der Waals surface area contributed by atoms with Crippen LogP contribution in [0.4, 0.5) is 5.69 Å². The maximum absolute atomic E-state index is 6.25. The minimum absolute atomic E-state index is 0. The van der Waals surface area contributed by atoms with Crippen LogP contribution in [0.3, 0.4) is 0 Å². The first-order chi connectivity index (χ1) is 13.3. The fraction of sp³-hybridized carbons (Fsp3) is 0.478. The van der Waals surface area contributed by atoms with E-state index in [9.17, 15) is 0 Å². The molecule has 1 saturated heterocycles. The molecule has 2 heterocycles. The summed E-state index contributed by atoms with van der Waals surface area (Å²) >= 11 is 6.25. The molecule has 3 aliphatic rings. The van der Waals surface area contributed by atoms with E-state index >= 15 is 0 Å². The van der Waals surface area contributed by atoms with Crippen LogP contribution in [0.5, 0.6) is 11.5 Å². The lowest BCUT2D eigenvalue weighted by Gasteiger charge is -2.42. The van der Waals surface area contributed by atoms with Gasteiger partial charge in [0.1, 0.15) is 11.5 Å². The monoisotopic (exact) mass is 419 g/mol. The van der Waals surface area contributed by atoms with E-state index in [1.54, 1.807) is 0 Å². The second kappa shape index (κ2) is 8.52. The van der Waals surface area contributed by atoms with Gasteiger partial charge < -0.3 is 14.8 Å². The molecule has 0 unspecified atom stereocenters. The molecule has 0 radical (unpaired) electrons. The Morgan fingerprint density at radius 1 is 1.00 bits per heavy atom. The van der Waals surface area contributed by atoms with Crippen LogP contribution in [0.2, 0.25) is 5.02 Å². The Balaban J connectivity index is 0.00000192. The normalized spacial score (nSPS) is 26.5. The molecule has 2 fully saturated rings. The number of hydrogen-bond acceptors (Lipinski definition) is 3. The highest BCUT2D eigenvalue weighted by Gasteiger charge is 2.44. The van der Waals surface area contributed by atoms with Gasteiger partial charge in [-0.05, 0) is 55.5 Å². The van der Waals surface area contributed by atoms with Gasteiger partial charge in [-0.3, -0.25) is 0 Å². The van der Waals surface area contributed by atoms with Gasteiger partial charge >= 0.3 is 0 Å². The molecule has 2 aromatic rings. The van der Waals surface area contributed by atoms with Crippen molar-refractivity contribution in [1.82, 2.24) is 0 Å². The minimum atomic E-state index is 0. The second-order valence-corrected chi connectivity index (χ2v) is 8.50. The maximum atomic E-state index is 6.25. The first-order valence-electron chi connectivity index (χ1n) is 10.2. The lowest BCUT2D eigenvalue weighted by molar-refractivity contribution is 0.0730. The van der Waals surface area contributed by atoms with E-state index in [0.717, 1.165) is 24.7 Å². The molecule has 5 heteroatoms. The summed E-state index contributed by atoms with van der Waals surface area (Å²) in [7, 11) is 0. The van der Waals surface area contributed by atoms with E-state index in [-0.39, 0.29) is 18.5 Å². The molecule has 5 rings (SSSR count). The van der Waals surface area contributed by atoms with Crippen molar-refractivity contribution in [3.05, 3.63) is 53.1 Å². The predicted octanol–water partition coefficient (Wildman–Crippen LogP) is 7.01. The smallest absolute Gasteiger partial charge is 0.146 e. The summed E-state index contributed by atoms with van der Waals surface area (Å²) in [6.07, 6.45) is 8.18. The van der Waals surface area contributed by atoms with Crippen LogP contribution in [0, 0.1) is 11.8 Å². The van der Waals surface area contributed by atoms with E-state index in [2.05, 4.69) is 17.4 Å². The van der Waals surface area contributed by atoms with Crippen LogP contribution in [0.15, 0.2) is 42.5 Å². The Morgan fingerprint density at radius 2 is 1.82 bits per heavy atom. The molecule has 1 N–H and O–H groups in total. The zero-order chi connectivity index (χ0) is 18.2. The van der Waals surface area contributed by atoms with Crippen LogP contribution in [0.25, 0.3) is 0 Å². The molecule has 150 valence electrons. The van der Waals surface area contributed by atoms with E-state index in [0.29, 0.717) is 22.7 Å². The SMILES string of the molecule is Cl.Clc1ccccc1Oc1ccc2c(c1)[C@H]1OCC[C@H]1[C@@H](C1CCCCC1)N2. The Labute approximate surface area is 178 Å². The molecular weight excluding hydrogens is 393 g/mol. The van der Waals surface area contributed by atoms with Crippen molar-refractivity contribution < 1.29 is 9.47 Å². The summed E-state index contributed by atoms with van der Waals surface area (Å²) in [4.78, 5) is 0. The standard InChI is InChI=1S/C23H26ClNO2.ClH/c24-19-8-4-5-9-21(19)27-16-10-11-20-18(14-16)23-17(12-13-26-23)22(25-20)15-6-2-1-3-7-15;/h4-5,8-11,14-15,17,22-23,25H,1-3,6-7,12-13H2;1H/t17-,22+,23-;/m0./s1. The molecule has 0 spiro atoms. The highest BCUT2D eigenvalue weighted by molar-refractivity contribution is 6.32. The number of benzene rings is 2. The molecular formula is C23H27Cl2NO2. The van der Waals surface area contributed by atoms with Crippen LogP contribution in [-0.2, 0) is 4.74 Å². The van der Waals surface area contributed by atoms with Crippen LogP contribution < -0.4 is 10.1 Å². The predicted molar refractivity (Wildman–Crippen MR) is 116 cm³/mol. The number of rotatable bonds is 3. The lowest BCUT2D eigenvalue weighted by atomic mass is 9.73. The highest BCUT2D eigenvalue weighted by Crippen LogP contribution is 2.49. The average Bonchev–Trinajstić information content (AvgIpc) is 3.20. The largest absolute Gasteiger partial charge is 0.456 e. The minimum Gasteiger partial charge on any atom is -0.456 e. The Hall–Kier alpha value is -1.42. The number of fused-ring (bicyclic) bond motifs is 3. The fourth-order valence-electron chi connectivity index (χ4n) is 5.17. The summed E-state index contributed by atoms with van der Waals surface area (Å²) in [6, 6.07) is 14.4. The van der Waals surface area contributed by atoms with Crippen molar-refractivity contribution in [3.63, 3.8) is 0 Å². The Kier molecular flexibility index (Phi) is 6.05. The van der Waals surface area contributed by atoms with Gasteiger partial charge in [-0.15, -0.1) is 12.4 Å². The third-order valence-corrected chi connectivity index (χ3v) is 6.78. The van der Waals surface area contributed by atoms with Gasteiger partial charge in [-0.1, -0.05) is 43.0 Å².